The van der Waals surface area contributed by atoms with Crippen molar-refractivity contribution in [3.63, 3.8) is 0 Å². The van der Waals surface area contributed by atoms with Crippen molar-refractivity contribution in [2.75, 3.05) is 57.4 Å². The first-order valence-corrected chi connectivity index (χ1v) is 15.1. The molecule has 194 valence electrons. The van der Waals surface area contributed by atoms with Crippen LogP contribution in [0.25, 0.3) is 32.6 Å². The molecule has 1 saturated carbocycles. The second kappa shape index (κ2) is 9.28. The fourth-order valence-electron chi connectivity index (χ4n) is 5.18. The van der Waals surface area contributed by atoms with Crippen LogP contribution in [0.4, 0.5) is 5.82 Å². The van der Waals surface area contributed by atoms with Gasteiger partial charge in [-0.15, -0.1) is 11.3 Å². The Morgan fingerprint density at radius 1 is 1.05 bits per heavy atom. The average molecular weight is 540 g/mol. The normalized spacial score (nSPS) is 20.3. The van der Waals surface area contributed by atoms with Crippen molar-refractivity contribution in [3.05, 3.63) is 35.5 Å². The number of fused-ring (bicyclic) bond motifs is 2. The zero-order valence-electron chi connectivity index (χ0n) is 20.5. The molecule has 4 aromatic heterocycles. The molecule has 0 atom stereocenters. The molecule has 2 saturated heterocycles. The largest absolute Gasteiger partial charge is 0.378 e. The highest BCUT2D eigenvalue weighted by molar-refractivity contribution is 7.90. The van der Waals surface area contributed by atoms with E-state index in [0.29, 0.717) is 32.1 Å². The van der Waals surface area contributed by atoms with E-state index in [1.165, 1.54) is 4.88 Å². The van der Waals surface area contributed by atoms with Crippen LogP contribution < -0.4 is 4.90 Å². The van der Waals surface area contributed by atoms with Gasteiger partial charge in [-0.05, 0) is 31.0 Å². The van der Waals surface area contributed by atoms with Crippen LogP contribution >= 0.6 is 11.3 Å². The van der Waals surface area contributed by atoms with E-state index in [4.69, 9.17) is 14.7 Å². The van der Waals surface area contributed by atoms with Crippen LogP contribution in [0.1, 0.15) is 17.7 Å². The van der Waals surface area contributed by atoms with E-state index in [-0.39, 0.29) is 5.25 Å². The van der Waals surface area contributed by atoms with Crippen LogP contribution in [-0.2, 0) is 21.3 Å². The van der Waals surface area contributed by atoms with Crippen molar-refractivity contribution in [2.24, 2.45) is 0 Å². The number of nitrogens with one attached hydrogen (secondary N) is 1. The molecule has 6 heterocycles. The van der Waals surface area contributed by atoms with Crippen LogP contribution in [-0.4, -0.2) is 95.3 Å². The van der Waals surface area contributed by atoms with Crippen molar-refractivity contribution in [3.8, 4) is 11.4 Å². The number of H-pyrrole nitrogens is 1. The Hall–Kier alpha value is -2.64. The van der Waals surface area contributed by atoms with Gasteiger partial charge in [0.05, 0.1) is 23.8 Å². The summed E-state index contributed by atoms with van der Waals surface area (Å²) in [5, 5.41) is 1.96. The summed E-state index contributed by atoms with van der Waals surface area (Å²) in [6.45, 7) is 6.37. The third kappa shape index (κ3) is 4.50. The SMILES string of the molecule is O=S(=O)(C1CC1)N1CCN(Cc2cc3c(N4CCOCC4)nc(-c4cnc5[nH]ccc5c4)nc3s2)CC1. The lowest BCUT2D eigenvalue weighted by molar-refractivity contribution is 0.122. The molecular formula is C25H29N7O3S2. The summed E-state index contributed by atoms with van der Waals surface area (Å²) in [5.74, 6) is 1.62. The van der Waals surface area contributed by atoms with Gasteiger partial charge in [-0.3, -0.25) is 4.90 Å². The van der Waals surface area contributed by atoms with Gasteiger partial charge in [-0.2, -0.15) is 4.31 Å². The predicted octanol–water partition coefficient (Wildman–Crippen LogP) is 2.68. The number of pyridine rings is 1. The van der Waals surface area contributed by atoms with Crippen molar-refractivity contribution >= 4 is 48.4 Å². The Bertz CT molecular complexity index is 1550. The number of hydrogen-bond acceptors (Lipinski definition) is 9. The number of aromatic nitrogens is 4. The minimum absolute atomic E-state index is 0.138. The first-order valence-electron chi connectivity index (χ1n) is 12.8. The van der Waals surface area contributed by atoms with E-state index < -0.39 is 10.0 Å². The van der Waals surface area contributed by atoms with E-state index in [0.717, 1.165) is 78.2 Å². The van der Waals surface area contributed by atoms with Crippen molar-refractivity contribution < 1.29 is 13.2 Å². The molecule has 4 aromatic rings. The van der Waals surface area contributed by atoms with E-state index in [1.807, 2.05) is 18.5 Å². The lowest BCUT2D eigenvalue weighted by Crippen LogP contribution is -2.49. The zero-order valence-corrected chi connectivity index (χ0v) is 22.1. The maximum atomic E-state index is 12.6. The molecule has 0 bridgehead atoms. The highest BCUT2D eigenvalue weighted by atomic mass is 32.2. The maximum absolute atomic E-state index is 12.6. The Balaban J connectivity index is 1.18. The second-order valence-corrected chi connectivity index (χ2v) is 13.3. The number of hydrogen-bond donors (Lipinski definition) is 1. The fourth-order valence-corrected chi connectivity index (χ4v) is 8.07. The molecule has 10 nitrogen and oxygen atoms in total. The van der Waals surface area contributed by atoms with Crippen LogP contribution in [0, 0.1) is 0 Å². The van der Waals surface area contributed by atoms with E-state index in [1.54, 1.807) is 15.6 Å². The third-order valence-corrected chi connectivity index (χ3v) is 10.8. The number of morpholine rings is 1. The van der Waals surface area contributed by atoms with Gasteiger partial charge in [0.25, 0.3) is 0 Å². The summed E-state index contributed by atoms with van der Waals surface area (Å²) in [6, 6.07) is 6.30. The maximum Gasteiger partial charge on any atom is 0.217 e. The van der Waals surface area contributed by atoms with Crippen molar-refractivity contribution in [1.29, 1.82) is 0 Å². The molecule has 0 unspecified atom stereocenters. The number of anilines is 1. The van der Waals surface area contributed by atoms with Crippen LogP contribution in [0.5, 0.6) is 0 Å². The Kier molecular flexibility index (Phi) is 5.89. The number of piperazine rings is 1. The Morgan fingerprint density at radius 2 is 1.86 bits per heavy atom. The van der Waals surface area contributed by atoms with Gasteiger partial charge in [-0.1, -0.05) is 0 Å². The number of thiophene rings is 1. The molecule has 12 heteroatoms. The molecule has 37 heavy (non-hydrogen) atoms. The van der Waals surface area contributed by atoms with Gasteiger partial charge in [0, 0.05) is 74.0 Å². The predicted molar refractivity (Wildman–Crippen MR) is 144 cm³/mol. The molecular weight excluding hydrogens is 510 g/mol. The van der Waals surface area contributed by atoms with Crippen molar-refractivity contribution in [1.82, 2.24) is 29.1 Å². The van der Waals surface area contributed by atoms with Gasteiger partial charge in [-0.25, -0.2) is 23.4 Å². The van der Waals surface area contributed by atoms with E-state index >= 15 is 0 Å². The summed E-state index contributed by atoms with van der Waals surface area (Å²) in [4.78, 5) is 24.5. The molecule has 0 amide bonds. The number of nitrogens with zero attached hydrogens (tertiary/aromatic N) is 6. The lowest BCUT2D eigenvalue weighted by Gasteiger charge is -2.33. The summed E-state index contributed by atoms with van der Waals surface area (Å²) in [6.07, 6.45) is 5.34. The van der Waals surface area contributed by atoms with Gasteiger partial charge in [0.2, 0.25) is 10.0 Å². The molecule has 3 aliphatic rings. The molecule has 0 spiro atoms. The molecule has 1 aliphatic carbocycles. The van der Waals surface area contributed by atoms with E-state index in [2.05, 4.69) is 31.9 Å². The molecule has 0 radical (unpaired) electrons. The monoisotopic (exact) mass is 539 g/mol. The number of ether oxygens (including phenoxy) is 1. The minimum Gasteiger partial charge on any atom is -0.378 e. The van der Waals surface area contributed by atoms with Gasteiger partial charge < -0.3 is 14.6 Å². The van der Waals surface area contributed by atoms with Gasteiger partial charge >= 0.3 is 0 Å². The highest BCUT2D eigenvalue weighted by Crippen LogP contribution is 2.35. The molecule has 3 fully saturated rings. The first-order chi connectivity index (χ1) is 18.0. The topological polar surface area (TPSA) is 108 Å². The minimum atomic E-state index is -3.10. The van der Waals surface area contributed by atoms with Crippen LogP contribution in [0.2, 0.25) is 0 Å². The molecule has 1 N–H and O–H groups in total. The first kappa shape index (κ1) is 23.5. The zero-order chi connectivity index (χ0) is 25.0. The van der Waals surface area contributed by atoms with E-state index in [9.17, 15) is 8.42 Å². The summed E-state index contributed by atoms with van der Waals surface area (Å²) >= 11 is 1.70. The highest BCUT2D eigenvalue weighted by Gasteiger charge is 2.41. The third-order valence-electron chi connectivity index (χ3n) is 7.41. The summed E-state index contributed by atoms with van der Waals surface area (Å²) in [7, 11) is -3.10. The molecule has 0 aromatic carbocycles. The number of sulfonamides is 1. The summed E-state index contributed by atoms with van der Waals surface area (Å²) in [5.41, 5.74) is 1.74. The average Bonchev–Trinajstić information content (AvgIpc) is 3.56. The van der Waals surface area contributed by atoms with Crippen LogP contribution in [0.3, 0.4) is 0 Å². The van der Waals surface area contributed by atoms with Gasteiger partial charge in [0.15, 0.2) is 5.82 Å². The fraction of sp³-hybridized carbons (Fsp3) is 0.480. The number of aromatic amines is 1. The summed E-state index contributed by atoms with van der Waals surface area (Å²) < 4.78 is 32.5. The smallest absolute Gasteiger partial charge is 0.217 e. The second-order valence-electron chi connectivity index (χ2n) is 9.96. The molecule has 2 aliphatic heterocycles. The quantitative estimate of drug-likeness (QED) is 0.399. The van der Waals surface area contributed by atoms with Crippen molar-refractivity contribution in [2.45, 2.75) is 24.6 Å². The Morgan fingerprint density at radius 3 is 2.65 bits per heavy atom. The molecule has 7 rings (SSSR count). The lowest BCUT2D eigenvalue weighted by atomic mass is 10.2. The Labute approximate surface area is 219 Å². The number of rotatable bonds is 6. The standard InChI is InChI=1S/C25H29N7O3S2/c33-37(34,20-1-2-20)32-7-5-30(6-8-32)16-19-14-21-24(31-9-11-35-12-10-31)28-23(29-25(21)36-19)18-13-17-3-4-26-22(17)27-15-18/h3-4,13-15,20H,1-2,5-12,16H2,(H,26,27). The van der Waals surface area contributed by atoms with Crippen LogP contribution in [0.15, 0.2) is 30.6 Å². The van der Waals surface area contributed by atoms with Gasteiger partial charge in [0.1, 0.15) is 16.3 Å².